The Morgan fingerprint density at radius 2 is 2.33 bits per heavy atom. The van der Waals surface area contributed by atoms with E-state index in [-0.39, 0.29) is 5.69 Å². The second-order valence-electron chi connectivity index (χ2n) is 2.75. The highest BCUT2D eigenvalue weighted by Gasteiger charge is 1.99. The number of rotatable bonds is 4. The fourth-order valence-corrected chi connectivity index (χ4v) is 1.01. The third-order valence-corrected chi connectivity index (χ3v) is 1.73. The van der Waals surface area contributed by atoms with Crippen LogP contribution in [0.25, 0.3) is 0 Å². The molecule has 1 heterocycles. The van der Waals surface area contributed by atoms with Crippen molar-refractivity contribution in [1.82, 2.24) is 14.5 Å². The van der Waals surface area contributed by atoms with Gasteiger partial charge in [-0.05, 0) is 6.42 Å². The lowest BCUT2D eigenvalue weighted by molar-refractivity contribution is 0.535. The van der Waals surface area contributed by atoms with Crippen molar-refractivity contribution in [3.63, 3.8) is 0 Å². The molecule has 68 valence electrons. The fourth-order valence-electron chi connectivity index (χ4n) is 1.01. The summed E-state index contributed by atoms with van der Waals surface area (Å²) in [5, 5.41) is 3.83. The molecule has 0 radical (unpaired) electrons. The van der Waals surface area contributed by atoms with E-state index in [1.807, 2.05) is 0 Å². The van der Waals surface area contributed by atoms with Crippen LogP contribution in [0.5, 0.6) is 0 Å². The highest BCUT2D eigenvalue weighted by Crippen LogP contribution is 1.94. The molecule has 0 aliphatic rings. The average Bonchev–Trinajstić information content (AvgIpc) is 2.36. The summed E-state index contributed by atoms with van der Waals surface area (Å²) >= 11 is 0. The van der Waals surface area contributed by atoms with Crippen molar-refractivity contribution in [2.24, 2.45) is 0 Å². The summed E-state index contributed by atoms with van der Waals surface area (Å²) in [6, 6.07) is 0. The van der Waals surface area contributed by atoms with E-state index >= 15 is 0 Å². The van der Waals surface area contributed by atoms with Gasteiger partial charge < -0.3 is 5.84 Å². The molecule has 0 atom stereocenters. The predicted octanol–water partition coefficient (Wildman–Crippen LogP) is -0.0512. The van der Waals surface area contributed by atoms with Gasteiger partial charge in [0.05, 0.1) is 0 Å². The van der Waals surface area contributed by atoms with Gasteiger partial charge >= 0.3 is 5.69 Å². The van der Waals surface area contributed by atoms with Crippen LogP contribution in [0.15, 0.2) is 11.1 Å². The lowest BCUT2D eigenvalue weighted by Gasteiger charge is -1.96. The molecule has 0 unspecified atom stereocenters. The van der Waals surface area contributed by atoms with E-state index in [1.165, 1.54) is 11.0 Å². The van der Waals surface area contributed by atoms with Gasteiger partial charge in [-0.1, -0.05) is 19.8 Å². The minimum Gasteiger partial charge on any atom is -0.334 e. The smallest absolute Gasteiger partial charge is 0.334 e. The first kappa shape index (κ1) is 8.83. The average molecular weight is 170 g/mol. The maximum Gasteiger partial charge on any atom is 0.364 e. The van der Waals surface area contributed by atoms with Crippen LogP contribution in [0.4, 0.5) is 0 Å². The van der Waals surface area contributed by atoms with Gasteiger partial charge in [0.25, 0.3) is 0 Å². The number of aromatic nitrogens is 3. The quantitative estimate of drug-likeness (QED) is 0.509. The summed E-state index contributed by atoms with van der Waals surface area (Å²) in [5.74, 6) is 5.27. The van der Waals surface area contributed by atoms with Gasteiger partial charge in [-0.2, -0.15) is 9.77 Å². The molecule has 0 aromatic carbocycles. The normalized spacial score (nSPS) is 10.4. The van der Waals surface area contributed by atoms with Crippen molar-refractivity contribution in [3.05, 3.63) is 16.8 Å². The summed E-state index contributed by atoms with van der Waals surface area (Å²) in [4.78, 5) is 11.1. The number of hydrogen-bond acceptors (Lipinski definition) is 3. The molecule has 5 heteroatoms. The van der Waals surface area contributed by atoms with Crippen LogP contribution in [-0.4, -0.2) is 14.5 Å². The van der Waals surface area contributed by atoms with Crippen molar-refractivity contribution in [2.45, 2.75) is 32.7 Å². The minimum atomic E-state index is -0.244. The Bertz CT molecular complexity index is 288. The molecule has 0 spiro atoms. The Kier molecular flexibility index (Phi) is 2.90. The van der Waals surface area contributed by atoms with Crippen molar-refractivity contribution in [2.75, 3.05) is 5.84 Å². The lowest BCUT2D eigenvalue weighted by atomic mass is 10.2. The van der Waals surface area contributed by atoms with Crippen LogP contribution in [0.1, 0.15) is 26.2 Å². The summed E-state index contributed by atoms with van der Waals surface area (Å²) in [5.41, 5.74) is -0.244. The Morgan fingerprint density at radius 1 is 1.58 bits per heavy atom. The highest BCUT2D eigenvalue weighted by molar-refractivity contribution is 4.66. The number of nitrogens with zero attached hydrogens (tertiary/aromatic N) is 3. The van der Waals surface area contributed by atoms with Crippen LogP contribution >= 0.6 is 0 Å². The third kappa shape index (κ3) is 1.87. The molecule has 1 aromatic heterocycles. The Hall–Kier alpha value is -1.26. The molecule has 0 bridgehead atoms. The summed E-state index contributed by atoms with van der Waals surface area (Å²) in [7, 11) is 0. The van der Waals surface area contributed by atoms with Crippen LogP contribution in [-0.2, 0) is 6.54 Å². The molecule has 0 saturated carbocycles. The van der Waals surface area contributed by atoms with E-state index in [0.717, 1.165) is 23.9 Å². The van der Waals surface area contributed by atoms with Crippen LogP contribution < -0.4 is 11.5 Å². The number of nitrogens with two attached hydrogens (primary N) is 1. The Labute approximate surface area is 70.8 Å². The van der Waals surface area contributed by atoms with Gasteiger partial charge in [0.2, 0.25) is 0 Å². The Balaban J connectivity index is 2.52. The van der Waals surface area contributed by atoms with Gasteiger partial charge in [0.1, 0.15) is 6.33 Å². The number of aryl methyl sites for hydroxylation is 1. The molecule has 0 aliphatic carbocycles. The zero-order valence-corrected chi connectivity index (χ0v) is 7.23. The molecule has 0 aliphatic heterocycles. The van der Waals surface area contributed by atoms with Crippen molar-refractivity contribution >= 4 is 0 Å². The summed E-state index contributed by atoms with van der Waals surface area (Å²) in [6.07, 6.45) is 4.56. The molecule has 2 N–H and O–H groups in total. The first-order valence-corrected chi connectivity index (χ1v) is 4.15. The number of nitrogen functional groups attached to an aromatic ring is 1. The zero-order valence-electron chi connectivity index (χ0n) is 7.23. The van der Waals surface area contributed by atoms with E-state index in [0.29, 0.717) is 6.54 Å². The first-order chi connectivity index (χ1) is 5.75. The second kappa shape index (κ2) is 3.94. The minimum absolute atomic E-state index is 0.244. The summed E-state index contributed by atoms with van der Waals surface area (Å²) in [6.45, 7) is 2.78. The SMILES string of the molecule is CCCCCn1ncn(N)c1=O. The van der Waals surface area contributed by atoms with Gasteiger partial charge in [0.15, 0.2) is 0 Å². The molecular formula is C7H14N4O. The van der Waals surface area contributed by atoms with Crippen molar-refractivity contribution < 1.29 is 0 Å². The van der Waals surface area contributed by atoms with E-state index in [2.05, 4.69) is 12.0 Å². The molecular weight excluding hydrogens is 156 g/mol. The van der Waals surface area contributed by atoms with Gasteiger partial charge in [-0.3, -0.25) is 0 Å². The monoisotopic (exact) mass is 170 g/mol. The fraction of sp³-hybridized carbons (Fsp3) is 0.714. The molecule has 5 nitrogen and oxygen atoms in total. The standard InChI is InChI=1S/C7H14N4O/c1-2-3-4-5-11-7(12)10(8)6-9-11/h6H,2-5,8H2,1H3. The van der Waals surface area contributed by atoms with Gasteiger partial charge in [0, 0.05) is 6.54 Å². The molecule has 1 aromatic rings. The first-order valence-electron chi connectivity index (χ1n) is 4.15. The van der Waals surface area contributed by atoms with Crippen molar-refractivity contribution in [1.29, 1.82) is 0 Å². The predicted molar refractivity (Wildman–Crippen MR) is 46.2 cm³/mol. The highest BCUT2D eigenvalue weighted by atomic mass is 16.2. The topological polar surface area (TPSA) is 65.8 Å². The Morgan fingerprint density at radius 3 is 2.83 bits per heavy atom. The van der Waals surface area contributed by atoms with E-state index in [4.69, 9.17) is 5.84 Å². The molecule has 0 fully saturated rings. The number of unbranched alkanes of at least 4 members (excludes halogenated alkanes) is 2. The second-order valence-corrected chi connectivity index (χ2v) is 2.75. The van der Waals surface area contributed by atoms with Crippen LogP contribution in [0, 0.1) is 0 Å². The van der Waals surface area contributed by atoms with Gasteiger partial charge in [-0.25, -0.2) is 9.48 Å². The van der Waals surface area contributed by atoms with Crippen LogP contribution in [0.2, 0.25) is 0 Å². The molecule has 12 heavy (non-hydrogen) atoms. The maximum absolute atomic E-state index is 11.1. The van der Waals surface area contributed by atoms with Crippen molar-refractivity contribution in [3.8, 4) is 0 Å². The van der Waals surface area contributed by atoms with E-state index in [1.54, 1.807) is 0 Å². The summed E-state index contributed by atoms with van der Waals surface area (Å²) < 4.78 is 2.38. The molecule has 1 rings (SSSR count). The zero-order chi connectivity index (χ0) is 8.97. The van der Waals surface area contributed by atoms with E-state index in [9.17, 15) is 4.79 Å². The molecule has 0 saturated heterocycles. The largest absolute Gasteiger partial charge is 0.364 e. The third-order valence-electron chi connectivity index (χ3n) is 1.73. The molecule has 0 amide bonds. The lowest BCUT2D eigenvalue weighted by Crippen LogP contribution is -2.29. The number of hydrogen-bond donors (Lipinski definition) is 1. The van der Waals surface area contributed by atoms with Crippen LogP contribution in [0.3, 0.4) is 0 Å². The van der Waals surface area contributed by atoms with Gasteiger partial charge in [-0.15, -0.1) is 0 Å². The maximum atomic E-state index is 11.1. The van der Waals surface area contributed by atoms with E-state index < -0.39 is 0 Å².